The van der Waals surface area contributed by atoms with Crippen molar-refractivity contribution in [1.82, 2.24) is 25.6 Å². The van der Waals surface area contributed by atoms with E-state index in [-0.39, 0.29) is 24.4 Å². The molecular weight excluding hydrogens is 236 g/mol. The van der Waals surface area contributed by atoms with Crippen molar-refractivity contribution in [3.05, 3.63) is 11.9 Å². The van der Waals surface area contributed by atoms with Crippen molar-refractivity contribution in [1.29, 1.82) is 0 Å². The van der Waals surface area contributed by atoms with Crippen LogP contribution < -0.4 is 16.4 Å². The third-order valence-electron chi connectivity index (χ3n) is 2.73. The highest BCUT2D eigenvalue weighted by atomic mass is 16.2. The van der Waals surface area contributed by atoms with E-state index in [2.05, 4.69) is 20.9 Å². The van der Waals surface area contributed by atoms with Gasteiger partial charge in [0.2, 0.25) is 11.8 Å². The Morgan fingerprint density at radius 2 is 2.50 bits per heavy atom. The Hall–Kier alpha value is -1.96. The zero-order valence-electron chi connectivity index (χ0n) is 9.93. The fourth-order valence-electron chi connectivity index (χ4n) is 1.81. The lowest BCUT2D eigenvalue weighted by atomic mass is 10.2. The minimum atomic E-state index is -0.229. The summed E-state index contributed by atoms with van der Waals surface area (Å²) in [5.74, 6) is -0.150. The molecule has 1 aromatic heterocycles. The van der Waals surface area contributed by atoms with Gasteiger partial charge in [-0.05, 0) is 6.42 Å². The average Bonchev–Trinajstić information content (AvgIpc) is 2.96. The largest absolute Gasteiger partial charge is 0.351 e. The van der Waals surface area contributed by atoms with Gasteiger partial charge >= 0.3 is 0 Å². The molecule has 1 unspecified atom stereocenters. The van der Waals surface area contributed by atoms with E-state index in [0.717, 1.165) is 6.42 Å². The van der Waals surface area contributed by atoms with Crippen molar-refractivity contribution < 1.29 is 9.59 Å². The van der Waals surface area contributed by atoms with Crippen LogP contribution in [0.2, 0.25) is 0 Å². The molecule has 2 amide bonds. The Labute approximate surface area is 104 Å². The van der Waals surface area contributed by atoms with Crippen molar-refractivity contribution in [2.24, 2.45) is 5.73 Å². The third-order valence-corrected chi connectivity index (χ3v) is 2.73. The molecule has 2 rings (SSSR count). The molecule has 1 atom stereocenters. The number of hydrogen-bond donors (Lipinski definition) is 3. The number of amides is 2. The van der Waals surface area contributed by atoms with Gasteiger partial charge in [0.25, 0.3) is 0 Å². The van der Waals surface area contributed by atoms with Crippen LogP contribution in [0.3, 0.4) is 0 Å². The van der Waals surface area contributed by atoms with Crippen molar-refractivity contribution >= 4 is 11.8 Å². The van der Waals surface area contributed by atoms with Gasteiger partial charge in [-0.1, -0.05) is 5.21 Å². The lowest BCUT2D eigenvalue weighted by Gasteiger charge is -2.08. The van der Waals surface area contributed by atoms with Crippen LogP contribution in [0.5, 0.6) is 0 Å². The van der Waals surface area contributed by atoms with E-state index >= 15 is 0 Å². The Kier molecular flexibility index (Phi) is 3.88. The Balaban J connectivity index is 1.82. The maximum atomic E-state index is 11.0. The molecule has 0 saturated carbocycles. The van der Waals surface area contributed by atoms with Crippen molar-refractivity contribution in [2.45, 2.75) is 32.0 Å². The van der Waals surface area contributed by atoms with Crippen LogP contribution in [0.4, 0.5) is 0 Å². The van der Waals surface area contributed by atoms with Crippen LogP contribution in [-0.2, 0) is 22.7 Å². The maximum Gasteiger partial charge on any atom is 0.234 e. The second-order valence-corrected chi connectivity index (χ2v) is 4.22. The van der Waals surface area contributed by atoms with E-state index in [0.29, 0.717) is 25.2 Å². The van der Waals surface area contributed by atoms with Gasteiger partial charge in [-0.3, -0.25) is 14.3 Å². The van der Waals surface area contributed by atoms with Gasteiger partial charge in [0.15, 0.2) is 0 Å². The summed E-state index contributed by atoms with van der Waals surface area (Å²) in [4.78, 5) is 22.0. The number of aromatic nitrogens is 3. The van der Waals surface area contributed by atoms with Crippen LogP contribution in [0.1, 0.15) is 18.5 Å². The number of nitrogens with two attached hydrogens (primary N) is 1. The first kappa shape index (κ1) is 12.5. The van der Waals surface area contributed by atoms with Gasteiger partial charge < -0.3 is 16.4 Å². The number of carbonyl (C=O) groups is 2. The number of rotatable bonds is 5. The second kappa shape index (κ2) is 5.58. The SMILES string of the molecule is NCC(=O)NCc1cn(CC2CCC(=O)N2)nn1. The molecule has 4 N–H and O–H groups in total. The summed E-state index contributed by atoms with van der Waals surface area (Å²) >= 11 is 0. The fourth-order valence-corrected chi connectivity index (χ4v) is 1.81. The van der Waals surface area contributed by atoms with Crippen molar-refractivity contribution in [2.75, 3.05) is 6.54 Å². The van der Waals surface area contributed by atoms with Gasteiger partial charge in [0, 0.05) is 12.5 Å². The standard InChI is InChI=1S/C10H16N6O2/c11-3-10(18)12-4-8-6-16(15-14-8)5-7-1-2-9(17)13-7/h6-7H,1-5,11H2,(H,12,18)(H,13,17). The lowest BCUT2D eigenvalue weighted by Crippen LogP contribution is -2.30. The van der Waals surface area contributed by atoms with Crippen LogP contribution in [0.15, 0.2) is 6.20 Å². The van der Waals surface area contributed by atoms with E-state index in [1.807, 2.05) is 0 Å². The molecule has 0 spiro atoms. The molecule has 8 heteroatoms. The van der Waals surface area contributed by atoms with Gasteiger partial charge in [-0.2, -0.15) is 0 Å². The summed E-state index contributed by atoms with van der Waals surface area (Å²) in [5.41, 5.74) is 5.84. The summed E-state index contributed by atoms with van der Waals surface area (Å²) in [6.07, 6.45) is 3.14. The maximum absolute atomic E-state index is 11.0. The lowest BCUT2D eigenvalue weighted by molar-refractivity contribution is -0.120. The van der Waals surface area contributed by atoms with Crippen molar-refractivity contribution in [3.8, 4) is 0 Å². The van der Waals surface area contributed by atoms with Gasteiger partial charge in [0.05, 0.1) is 25.8 Å². The third kappa shape index (κ3) is 3.27. The Bertz CT molecular complexity index is 443. The first-order valence-electron chi connectivity index (χ1n) is 5.82. The summed E-state index contributed by atoms with van der Waals surface area (Å²) in [6.45, 7) is 0.874. The van der Waals surface area contributed by atoms with Crippen LogP contribution in [0.25, 0.3) is 0 Å². The normalized spacial score (nSPS) is 18.7. The second-order valence-electron chi connectivity index (χ2n) is 4.22. The molecule has 2 heterocycles. The highest BCUT2D eigenvalue weighted by Gasteiger charge is 2.21. The van der Waals surface area contributed by atoms with E-state index in [1.165, 1.54) is 0 Å². The zero-order chi connectivity index (χ0) is 13.0. The first-order valence-corrected chi connectivity index (χ1v) is 5.82. The summed E-state index contributed by atoms with van der Waals surface area (Å²) in [7, 11) is 0. The zero-order valence-corrected chi connectivity index (χ0v) is 9.93. The predicted octanol–water partition coefficient (Wildman–Crippen LogP) is -1.87. The van der Waals surface area contributed by atoms with Crippen LogP contribution in [0, 0.1) is 0 Å². The highest BCUT2D eigenvalue weighted by Crippen LogP contribution is 2.08. The van der Waals surface area contributed by atoms with Gasteiger partial charge in [0.1, 0.15) is 5.69 Å². The molecule has 0 aromatic carbocycles. The highest BCUT2D eigenvalue weighted by molar-refractivity contribution is 5.78. The monoisotopic (exact) mass is 252 g/mol. The molecule has 18 heavy (non-hydrogen) atoms. The molecule has 1 saturated heterocycles. The minimum Gasteiger partial charge on any atom is -0.351 e. The Morgan fingerprint density at radius 1 is 1.67 bits per heavy atom. The van der Waals surface area contributed by atoms with E-state index < -0.39 is 0 Å². The number of hydrogen-bond acceptors (Lipinski definition) is 5. The summed E-state index contributed by atoms with van der Waals surface area (Å²) < 4.78 is 1.67. The molecule has 0 aliphatic carbocycles. The van der Waals surface area contributed by atoms with Crippen LogP contribution in [-0.4, -0.2) is 39.4 Å². The molecule has 1 aliphatic heterocycles. The quantitative estimate of drug-likeness (QED) is 0.568. The summed E-state index contributed by atoms with van der Waals surface area (Å²) in [5, 5.41) is 13.3. The molecule has 98 valence electrons. The predicted molar refractivity (Wildman–Crippen MR) is 62.1 cm³/mol. The number of nitrogens with zero attached hydrogens (tertiary/aromatic N) is 3. The first-order chi connectivity index (χ1) is 8.67. The molecule has 0 radical (unpaired) electrons. The molecule has 1 aliphatic rings. The van der Waals surface area contributed by atoms with Gasteiger partial charge in [-0.25, -0.2) is 0 Å². The number of nitrogens with one attached hydrogen (secondary N) is 2. The molecule has 8 nitrogen and oxygen atoms in total. The summed E-state index contributed by atoms with van der Waals surface area (Å²) in [6, 6.07) is 0.116. The molecule has 0 bridgehead atoms. The van der Waals surface area contributed by atoms with Gasteiger partial charge in [-0.15, -0.1) is 5.10 Å². The topological polar surface area (TPSA) is 115 Å². The average molecular weight is 252 g/mol. The van der Waals surface area contributed by atoms with E-state index in [4.69, 9.17) is 5.73 Å². The minimum absolute atomic E-state index is 0.0394. The van der Waals surface area contributed by atoms with Crippen LogP contribution >= 0.6 is 0 Å². The van der Waals surface area contributed by atoms with E-state index in [1.54, 1.807) is 10.9 Å². The molecule has 1 fully saturated rings. The van der Waals surface area contributed by atoms with Crippen molar-refractivity contribution in [3.63, 3.8) is 0 Å². The fraction of sp³-hybridized carbons (Fsp3) is 0.600. The smallest absolute Gasteiger partial charge is 0.234 e. The molecule has 1 aromatic rings. The van der Waals surface area contributed by atoms with E-state index in [9.17, 15) is 9.59 Å². The Morgan fingerprint density at radius 3 is 3.17 bits per heavy atom. The number of carbonyl (C=O) groups excluding carboxylic acids is 2. The molecular formula is C10H16N6O2.